The third-order valence-corrected chi connectivity index (χ3v) is 8.12. The van der Waals surface area contributed by atoms with Crippen molar-refractivity contribution in [1.82, 2.24) is 9.62 Å². The van der Waals surface area contributed by atoms with Gasteiger partial charge in [-0.2, -0.15) is 4.31 Å². The molecule has 2 aromatic rings. The third kappa shape index (κ3) is 5.43. The molecule has 1 N–H and O–H groups in total. The molecule has 2 heterocycles. The van der Waals surface area contributed by atoms with Crippen LogP contribution in [0.1, 0.15) is 25.3 Å². The number of carbonyl (C=O) groups excluding carboxylic acids is 2. The normalized spacial score (nSPS) is 16.9. The van der Waals surface area contributed by atoms with Crippen molar-refractivity contribution in [1.29, 1.82) is 0 Å². The average Bonchev–Trinajstić information content (AvgIpc) is 3.28. The first kappa shape index (κ1) is 21.5. The summed E-state index contributed by atoms with van der Waals surface area (Å²) in [6.45, 7) is 2.41. The molecule has 1 aliphatic heterocycles. The van der Waals surface area contributed by atoms with Gasteiger partial charge in [-0.05, 0) is 36.8 Å². The van der Waals surface area contributed by atoms with E-state index in [1.807, 2.05) is 30.3 Å². The monoisotopic (exact) mass is 436 g/mol. The van der Waals surface area contributed by atoms with Crippen LogP contribution in [0, 0.1) is 5.92 Å². The number of hydrogen-bond acceptors (Lipinski definition) is 6. The van der Waals surface area contributed by atoms with Crippen LogP contribution in [0.5, 0.6) is 0 Å². The molecular formula is C20H24N2O5S2. The summed E-state index contributed by atoms with van der Waals surface area (Å²) in [5, 5.41) is 4.47. The zero-order chi connectivity index (χ0) is 20.9. The number of amides is 1. The lowest BCUT2D eigenvalue weighted by Gasteiger charge is -2.30. The largest absolute Gasteiger partial charge is 0.452 e. The molecule has 1 fully saturated rings. The zero-order valence-electron chi connectivity index (χ0n) is 16.1. The summed E-state index contributed by atoms with van der Waals surface area (Å²) in [7, 11) is -3.50. The maximum Gasteiger partial charge on any atom is 0.309 e. The van der Waals surface area contributed by atoms with Gasteiger partial charge in [0.2, 0.25) is 0 Å². The maximum absolute atomic E-state index is 12.5. The van der Waals surface area contributed by atoms with Gasteiger partial charge in [0.05, 0.1) is 5.92 Å². The van der Waals surface area contributed by atoms with Gasteiger partial charge in [0.15, 0.2) is 6.10 Å². The number of hydrogen-bond donors (Lipinski definition) is 1. The molecule has 1 amide bonds. The number of rotatable bonds is 7. The molecule has 1 aromatic carbocycles. The van der Waals surface area contributed by atoms with Crippen molar-refractivity contribution in [2.45, 2.75) is 36.6 Å². The van der Waals surface area contributed by atoms with Crippen LogP contribution in [0.15, 0.2) is 52.1 Å². The topological polar surface area (TPSA) is 92.8 Å². The molecule has 0 saturated carbocycles. The van der Waals surface area contributed by atoms with E-state index in [9.17, 15) is 18.0 Å². The highest BCUT2D eigenvalue weighted by atomic mass is 32.2. The van der Waals surface area contributed by atoms with Crippen LogP contribution >= 0.6 is 11.3 Å². The Balaban J connectivity index is 1.46. The molecule has 3 rings (SSSR count). The third-order valence-electron chi connectivity index (χ3n) is 4.85. The summed E-state index contributed by atoms with van der Waals surface area (Å²) >= 11 is 1.18. The minimum absolute atomic E-state index is 0.259. The van der Waals surface area contributed by atoms with E-state index in [1.165, 1.54) is 22.6 Å². The number of esters is 1. The fourth-order valence-electron chi connectivity index (χ4n) is 3.12. The Kier molecular flexibility index (Phi) is 7.05. The number of sulfonamides is 1. The minimum Gasteiger partial charge on any atom is -0.452 e. The number of thiophene rings is 1. The molecule has 1 aliphatic rings. The Bertz CT molecular complexity index is 921. The van der Waals surface area contributed by atoms with Crippen LogP contribution in [-0.4, -0.2) is 43.8 Å². The molecule has 0 bridgehead atoms. The molecule has 0 spiro atoms. The lowest BCUT2D eigenvalue weighted by molar-refractivity contribution is -0.159. The van der Waals surface area contributed by atoms with E-state index in [-0.39, 0.29) is 19.0 Å². The van der Waals surface area contributed by atoms with E-state index in [1.54, 1.807) is 17.5 Å². The Morgan fingerprint density at radius 1 is 1.17 bits per heavy atom. The first-order chi connectivity index (χ1) is 13.9. The molecule has 156 valence electrons. The van der Waals surface area contributed by atoms with E-state index in [2.05, 4.69) is 5.32 Å². The Morgan fingerprint density at radius 3 is 2.48 bits per heavy atom. The van der Waals surface area contributed by atoms with Crippen molar-refractivity contribution in [3.05, 3.63) is 53.4 Å². The molecule has 1 atom stereocenters. The van der Waals surface area contributed by atoms with Gasteiger partial charge in [0.1, 0.15) is 4.21 Å². The van der Waals surface area contributed by atoms with Gasteiger partial charge in [-0.25, -0.2) is 8.42 Å². The fraction of sp³-hybridized carbons (Fsp3) is 0.400. The van der Waals surface area contributed by atoms with Crippen molar-refractivity contribution in [3.8, 4) is 0 Å². The first-order valence-corrected chi connectivity index (χ1v) is 11.8. The van der Waals surface area contributed by atoms with Crippen molar-refractivity contribution in [3.63, 3.8) is 0 Å². The van der Waals surface area contributed by atoms with Gasteiger partial charge in [-0.1, -0.05) is 36.4 Å². The molecule has 1 aromatic heterocycles. The second kappa shape index (κ2) is 9.51. The summed E-state index contributed by atoms with van der Waals surface area (Å²) in [6, 6.07) is 12.7. The fourth-order valence-corrected chi connectivity index (χ4v) is 5.74. The summed E-state index contributed by atoms with van der Waals surface area (Å²) in [5.74, 6) is -1.23. The predicted molar refractivity (Wildman–Crippen MR) is 110 cm³/mol. The Labute approximate surface area is 174 Å². The molecule has 7 nitrogen and oxygen atoms in total. The number of ether oxygens (including phenoxy) is 1. The second-order valence-corrected chi connectivity index (χ2v) is 10.0. The number of nitrogens with one attached hydrogen (secondary N) is 1. The highest BCUT2D eigenvalue weighted by Gasteiger charge is 2.34. The lowest BCUT2D eigenvalue weighted by atomic mass is 9.98. The second-order valence-electron chi connectivity index (χ2n) is 6.89. The summed E-state index contributed by atoms with van der Waals surface area (Å²) in [4.78, 5) is 24.6. The van der Waals surface area contributed by atoms with Gasteiger partial charge in [-0.3, -0.25) is 9.59 Å². The molecule has 9 heteroatoms. The van der Waals surface area contributed by atoms with Gasteiger partial charge < -0.3 is 10.1 Å². The highest BCUT2D eigenvalue weighted by molar-refractivity contribution is 7.91. The van der Waals surface area contributed by atoms with E-state index in [4.69, 9.17) is 4.74 Å². The van der Waals surface area contributed by atoms with Crippen LogP contribution in [0.4, 0.5) is 0 Å². The molecule has 0 radical (unpaired) electrons. The van der Waals surface area contributed by atoms with Gasteiger partial charge in [0, 0.05) is 19.6 Å². The number of nitrogens with zero attached hydrogens (tertiary/aromatic N) is 1. The zero-order valence-corrected chi connectivity index (χ0v) is 17.7. The molecule has 1 unspecified atom stereocenters. The van der Waals surface area contributed by atoms with Crippen LogP contribution in [-0.2, 0) is 30.9 Å². The number of piperidine rings is 1. The average molecular weight is 437 g/mol. The van der Waals surface area contributed by atoms with Crippen LogP contribution in [0.25, 0.3) is 0 Å². The van der Waals surface area contributed by atoms with Gasteiger partial charge in [-0.15, -0.1) is 11.3 Å². The first-order valence-electron chi connectivity index (χ1n) is 9.43. The highest BCUT2D eigenvalue weighted by Crippen LogP contribution is 2.27. The predicted octanol–water partition coefficient (Wildman–Crippen LogP) is 2.40. The van der Waals surface area contributed by atoms with Gasteiger partial charge >= 0.3 is 5.97 Å². The summed E-state index contributed by atoms with van der Waals surface area (Å²) < 4.78 is 32.1. The van der Waals surface area contributed by atoms with E-state index >= 15 is 0 Å². The quantitative estimate of drug-likeness (QED) is 0.673. The number of carbonyl (C=O) groups is 2. The van der Waals surface area contributed by atoms with Gasteiger partial charge in [0.25, 0.3) is 15.9 Å². The molecule has 0 aliphatic carbocycles. The van der Waals surface area contributed by atoms with Crippen LogP contribution < -0.4 is 5.32 Å². The molecule has 1 saturated heterocycles. The van der Waals surface area contributed by atoms with E-state index < -0.39 is 28.0 Å². The van der Waals surface area contributed by atoms with Crippen molar-refractivity contribution >= 4 is 33.2 Å². The minimum atomic E-state index is -3.50. The van der Waals surface area contributed by atoms with E-state index in [0.717, 1.165) is 5.56 Å². The smallest absolute Gasteiger partial charge is 0.309 e. The summed E-state index contributed by atoms with van der Waals surface area (Å²) in [5.41, 5.74) is 0.957. The SMILES string of the molecule is CC(OC(=O)C1CCN(S(=O)(=O)c2cccs2)CC1)C(=O)NCc1ccccc1. The maximum atomic E-state index is 12.5. The standard InChI is InChI=1S/C20H24N2O5S2/c1-15(19(23)21-14-16-6-3-2-4-7-16)27-20(24)17-9-11-22(12-10-17)29(25,26)18-8-5-13-28-18/h2-8,13,15,17H,9-12,14H2,1H3,(H,21,23). The number of benzene rings is 1. The molecule has 29 heavy (non-hydrogen) atoms. The molecular weight excluding hydrogens is 412 g/mol. The van der Waals surface area contributed by atoms with E-state index in [0.29, 0.717) is 23.6 Å². The summed E-state index contributed by atoms with van der Waals surface area (Å²) in [6.07, 6.45) is -0.150. The van der Waals surface area contributed by atoms with Crippen LogP contribution in [0.2, 0.25) is 0 Å². The lowest BCUT2D eigenvalue weighted by Crippen LogP contribution is -2.42. The van der Waals surface area contributed by atoms with Crippen molar-refractivity contribution < 1.29 is 22.7 Å². The van der Waals surface area contributed by atoms with Crippen molar-refractivity contribution in [2.24, 2.45) is 5.92 Å². The Hall–Kier alpha value is -2.23. The van der Waals surface area contributed by atoms with Crippen LogP contribution in [0.3, 0.4) is 0 Å². The Morgan fingerprint density at radius 2 is 1.86 bits per heavy atom. The van der Waals surface area contributed by atoms with Crippen molar-refractivity contribution in [2.75, 3.05) is 13.1 Å².